The molecule has 0 amide bonds. The average molecular weight is 411 g/mol. The van der Waals surface area contributed by atoms with Crippen LogP contribution in [0.2, 0.25) is 0 Å². The van der Waals surface area contributed by atoms with Gasteiger partial charge in [0, 0.05) is 13.1 Å². The summed E-state index contributed by atoms with van der Waals surface area (Å²) in [5.74, 6) is -0.449. The van der Waals surface area contributed by atoms with Crippen LogP contribution in [0, 0.1) is 0 Å². The number of nitrogens with zero attached hydrogens (tertiary/aromatic N) is 1. The first-order chi connectivity index (χ1) is 12.5. The SMILES string of the molecule is CC(OCc1cc(S(=O)(=O)N2CCCCC2)ccc1[Si])C(=O)OC(C)(C)C. The van der Waals surface area contributed by atoms with Crippen LogP contribution in [0.5, 0.6) is 0 Å². The summed E-state index contributed by atoms with van der Waals surface area (Å²) in [6, 6.07) is 4.89. The summed E-state index contributed by atoms with van der Waals surface area (Å²) in [4.78, 5) is 12.3. The molecule has 0 spiro atoms. The van der Waals surface area contributed by atoms with Crippen molar-refractivity contribution in [3.63, 3.8) is 0 Å². The van der Waals surface area contributed by atoms with Gasteiger partial charge in [0.1, 0.15) is 5.60 Å². The monoisotopic (exact) mass is 410 g/mol. The third kappa shape index (κ3) is 6.13. The van der Waals surface area contributed by atoms with Crippen molar-refractivity contribution < 1.29 is 22.7 Å². The van der Waals surface area contributed by atoms with E-state index in [0.29, 0.717) is 18.7 Å². The van der Waals surface area contributed by atoms with Crippen LogP contribution in [-0.4, -0.2) is 53.7 Å². The van der Waals surface area contributed by atoms with Crippen LogP contribution in [0.15, 0.2) is 23.1 Å². The number of hydrogen-bond acceptors (Lipinski definition) is 5. The fourth-order valence-electron chi connectivity index (χ4n) is 2.77. The lowest BCUT2D eigenvalue weighted by Crippen LogP contribution is -2.36. The van der Waals surface area contributed by atoms with Crippen molar-refractivity contribution in [2.24, 2.45) is 0 Å². The molecule has 0 N–H and O–H groups in total. The van der Waals surface area contributed by atoms with E-state index in [1.807, 2.05) is 0 Å². The summed E-state index contributed by atoms with van der Waals surface area (Å²) in [5.41, 5.74) is 0.0809. The van der Waals surface area contributed by atoms with Crippen molar-refractivity contribution in [2.75, 3.05) is 13.1 Å². The van der Waals surface area contributed by atoms with Gasteiger partial charge in [-0.3, -0.25) is 0 Å². The molecule has 1 aliphatic heterocycles. The molecule has 0 aromatic heterocycles. The zero-order valence-corrected chi connectivity index (χ0v) is 18.3. The molecule has 0 bridgehead atoms. The second-order valence-electron chi connectivity index (χ2n) is 7.77. The third-order valence-electron chi connectivity index (χ3n) is 4.26. The number of rotatable bonds is 6. The summed E-state index contributed by atoms with van der Waals surface area (Å²) in [6.45, 7) is 8.21. The number of carbonyl (C=O) groups is 1. The molecule has 1 heterocycles. The smallest absolute Gasteiger partial charge is 0.335 e. The Bertz CT molecular complexity index is 767. The predicted octanol–water partition coefficient (Wildman–Crippen LogP) is 1.90. The van der Waals surface area contributed by atoms with E-state index in [1.165, 1.54) is 4.31 Å². The highest BCUT2D eigenvalue weighted by Gasteiger charge is 2.27. The molecule has 1 saturated heterocycles. The maximum absolute atomic E-state index is 12.8. The second kappa shape index (κ2) is 8.85. The van der Waals surface area contributed by atoms with E-state index >= 15 is 0 Å². The molecular weight excluding hydrogens is 382 g/mol. The lowest BCUT2D eigenvalue weighted by atomic mass is 10.2. The van der Waals surface area contributed by atoms with E-state index in [2.05, 4.69) is 10.2 Å². The fraction of sp³-hybridized carbons (Fsp3) is 0.632. The highest BCUT2D eigenvalue weighted by Crippen LogP contribution is 2.21. The van der Waals surface area contributed by atoms with Gasteiger partial charge in [-0.25, -0.2) is 13.2 Å². The Labute approximate surface area is 165 Å². The largest absolute Gasteiger partial charge is 0.458 e. The Morgan fingerprint density at radius 3 is 2.44 bits per heavy atom. The minimum absolute atomic E-state index is 0.0998. The van der Waals surface area contributed by atoms with Crippen LogP contribution in [-0.2, 0) is 30.9 Å². The minimum atomic E-state index is -3.52. The molecular formula is C19H28NO5SSi. The molecule has 149 valence electrons. The van der Waals surface area contributed by atoms with Gasteiger partial charge in [-0.05, 0) is 58.2 Å². The Balaban J connectivity index is 2.10. The van der Waals surface area contributed by atoms with Crippen molar-refractivity contribution in [3.8, 4) is 0 Å². The zero-order chi connectivity index (χ0) is 20.2. The van der Waals surface area contributed by atoms with Crippen LogP contribution in [0.25, 0.3) is 0 Å². The highest BCUT2D eigenvalue weighted by atomic mass is 32.2. The Kier molecular flexibility index (Phi) is 7.24. The van der Waals surface area contributed by atoms with Gasteiger partial charge in [-0.1, -0.05) is 17.7 Å². The van der Waals surface area contributed by atoms with Gasteiger partial charge < -0.3 is 9.47 Å². The summed E-state index contributed by atoms with van der Waals surface area (Å²) < 4.78 is 38.1. The number of hydrogen-bond donors (Lipinski definition) is 0. The minimum Gasteiger partial charge on any atom is -0.458 e. The maximum atomic E-state index is 12.8. The normalized spacial score (nSPS) is 17.5. The topological polar surface area (TPSA) is 72.9 Å². The summed E-state index contributed by atoms with van der Waals surface area (Å²) in [6.07, 6.45) is 2.09. The lowest BCUT2D eigenvalue weighted by Gasteiger charge is -2.26. The molecule has 1 unspecified atom stereocenters. The molecule has 6 nitrogen and oxygen atoms in total. The molecule has 27 heavy (non-hydrogen) atoms. The van der Waals surface area contributed by atoms with Gasteiger partial charge in [0.25, 0.3) is 0 Å². The molecule has 1 atom stereocenters. The van der Waals surface area contributed by atoms with Crippen LogP contribution in [0.1, 0.15) is 52.5 Å². The molecule has 1 aromatic rings. The zero-order valence-electron chi connectivity index (χ0n) is 16.4. The summed E-state index contributed by atoms with van der Waals surface area (Å²) >= 11 is 0. The Hall–Kier alpha value is -1.22. The van der Waals surface area contributed by atoms with Gasteiger partial charge in [0.2, 0.25) is 10.0 Å². The van der Waals surface area contributed by atoms with Crippen LogP contribution in [0.4, 0.5) is 0 Å². The van der Waals surface area contributed by atoms with Crippen molar-refractivity contribution in [1.82, 2.24) is 4.31 Å². The highest BCUT2D eigenvalue weighted by molar-refractivity contribution is 7.89. The number of piperidine rings is 1. The van der Waals surface area contributed by atoms with E-state index in [-0.39, 0.29) is 11.5 Å². The van der Waals surface area contributed by atoms with E-state index < -0.39 is 27.7 Å². The maximum Gasteiger partial charge on any atom is 0.335 e. The van der Waals surface area contributed by atoms with E-state index in [0.717, 1.165) is 24.4 Å². The Morgan fingerprint density at radius 1 is 1.22 bits per heavy atom. The Morgan fingerprint density at radius 2 is 1.85 bits per heavy atom. The van der Waals surface area contributed by atoms with Gasteiger partial charge in [0.15, 0.2) is 6.10 Å². The number of ether oxygens (including phenoxy) is 2. The quantitative estimate of drug-likeness (QED) is 0.529. The first kappa shape index (κ1) is 22.1. The van der Waals surface area contributed by atoms with Gasteiger partial charge in [-0.2, -0.15) is 4.31 Å². The number of benzene rings is 1. The molecule has 1 aromatic carbocycles. The molecule has 0 aliphatic carbocycles. The van der Waals surface area contributed by atoms with Crippen molar-refractivity contribution in [1.29, 1.82) is 0 Å². The molecule has 0 saturated carbocycles. The van der Waals surface area contributed by atoms with Gasteiger partial charge in [-0.15, -0.1) is 0 Å². The van der Waals surface area contributed by atoms with Crippen LogP contribution in [0.3, 0.4) is 0 Å². The standard InChI is InChI=1S/C19H28NO5SSi/c1-14(18(21)25-19(2,3)4)24-13-15-12-16(8-9-17(15)27)26(22,23)20-10-6-5-7-11-20/h8-9,12,14H,5-7,10-11,13H2,1-4H3. The average Bonchev–Trinajstić information content (AvgIpc) is 2.59. The predicted molar refractivity (Wildman–Crippen MR) is 105 cm³/mol. The van der Waals surface area contributed by atoms with Crippen LogP contribution >= 0.6 is 0 Å². The van der Waals surface area contributed by atoms with E-state index in [9.17, 15) is 13.2 Å². The number of esters is 1. The van der Waals surface area contributed by atoms with E-state index in [1.54, 1.807) is 45.9 Å². The molecule has 8 heteroatoms. The third-order valence-corrected chi connectivity index (χ3v) is 6.64. The molecule has 1 aliphatic rings. The van der Waals surface area contributed by atoms with Gasteiger partial charge >= 0.3 is 5.97 Å². The second-order valence-corrected chi connectivity index (χ2v) is 10.2. The van der Waals surface area contributed by atoms with Crippen molar-refractivity contribution >= 4 is 31.4 Å². The first-order valence-electron chi connectivity index (χ1n) is 9.20. The molecule has 3 radical (unpaired) electrons. The summed E-state index contributed by atoms with van der Waals surface area (Å²) in [5, 5.41) is 0.726. The van der Waals surface area contributed by atoms with E-state index in [4.69, 9.17) is 9.47 Å². The molecule has 1 fully saturated rings. The summed E-state index contributed by atoms with van der Waals surface area (Å²) in [7, 11) is -0.0345. The first-order valence-corrected chi connectivity index (χ1v) is 11.1. The van der Waals surface area contributed by atoms with Crippen molar-refractivity contribution in [2.45, 2.75) is 70.2 Å². The number of sulfonamides is 1. The van der Waals surface area contributed by atoms with Gasteiger partial charge in [0.05, 0.1) is 21.7 Å². The van der Waals surface area contributed by atoms with Crippen molar-refractivity contribution in [3.05, 3.63) is 23.8 Å². The fourth-order valence-corrected chi connectivity index (χ4v) is 4.57. The van der Waals surface area contributed by atoms with Crippen LogP contribution < -0.4 is 5.19 Å². The number of carbonyl (C=O) groups excluding carboxylic acids is 1. The molecule has 2 rings (SSSR count). The lowest BCUT2D eigenvalue weighted by molar-refractivity contribution is -0.168.